The predicted molar refractivity (Wildman–Crippen MR) is 102 cm³/mol. The van der Waals surface area contributed by atoms with Crippen LogP contribution in [0.25, 0.3) is 0 Å². The molecular formula is C18H23N3OS2. The molecule has 0 atom stereocenters. The Bertz CT molecular complexity index is 693. The molecule has 3 rings (SSSR count). The molecule has 0 radical (unpaired) electrons. The van der Waals surface area contributed by atoms with Crippen LogP contribution >= 0.6 is 23.1 Å². The molecule has 1 aromatic heterocycles. The van der Waals surface area contributed by atoms with Gasteiger partial charge in [0.2, 0.25) is 0 Å². The molecule has 2 aromatic rings. The minimum atomic E-state index is -0.0901. The Kier molecular flexibility index (Phi) is 5.92. The maximum atomic E-state index is 12.5. The number of hydrogen-bond donors (Lipinski definition) is 1. The smallest absolute Gasteiger partial charge is 0.258 e. The van der Waals surface area contributed by atoms with Crippen molar-refractivity contribution in [2.45, 2.75) is 31.2 Å². The van der Waals surface area contributed by atoms with Gasteiger partial charge in [-0.15, -0.1) is 23.1 Å². The molecule has 4 nitrogen and oxygen atoms in total. The van der Waals surface area contributed by atoms with Crippen LogP contribution in [0.2, 0.25) is 0 Å². The first kappa shape index (κ1) is 17.5. The summed E-state index contributed by atoms with van der Waals surface area (Å²) in [6.07, 6.45) is 4.51. The molecule has 24 heavy (non-hydrogen) atoms. The number of benzene rings is 1. The van der Waals surface area contributed by atoms with E-state index >= 15 is 0 Å². The lowest BCUT2D eigenvalue weighted by Crippen LogP contribution is -2.32. The van der Waals surface area contributed by atoms with Crippen LogP contribution in [0.1, 0.15) is 35.8 Å². The van der Waals surface area contributed by atoms with Crippen LogP contribution in [0.3, 0.4) is 0 Å². The van der Waals surface area contributed by atoms with Crippen LogP contribution in [-0.2, 0) is 6.54 Å². The lowest BCUT2D eigenvalue weighted by Gasteiger charge is -2.29. The maximum absolute atomic E-state index is 12.5. The standard InChI is InChI=1S/C18H23N3OS2/c1-13-7-9-21(10-8-13)11-14-12-24-18(19-14)20-17(22)15-5-3-4-6-16(15)23-2/h3-6,12-13H,7-11H2,1-2H3,(H,19,20,22). The highest BCUT2D eigenvalue weighted by Gasteiger charge is 2.17. The number of nitrogens with one attached hydrogen (secondary N) is 1. The fourth-order valence-corrected chi connectivity index (χ4v) is 4.17. The Morgan fingerprint density at radius 2 is 2.12 bits per heavy atom. The van der Waals surface area contributed by atoms with Crippen LogP contribution in [0.15, 0.2) is 34.5 Å². The van der Waals surface area contributed by atoms with Crippen LogP contribution in [0, 0.1) is 5.92 Å². The van der Waals surface area contributed by atoms with Gasteiger partial charge in [0.05, 0.1) is 11.3 Å². The van der Waals surface area contributed by atoms with Crippen LogP contribution < -0.4 is 5.32 Å². The quantitative estimate of drug-likeness (QED) is 0.804. The summed E-state index contributed by atoms with van der Waals surface area (Å²) in [7, 11) is 0. The number of likely N-dealkylation sites (tertiary alicyclic amines) is 1. The summed E-state index contributed by atoms with van der Waals surface area (Å²) in [4.78, 5) is 20.5. The van der Waals surface area contributed by atoms with Gasteiger partial charge in [-0.3, -0.25) is 15.0 Å². The Balaban J connectivity index is 1.60. The van der Waals surface area contributed by atoms with Gasteiger partial charge < -0.3 is 0 Å². The highest BCUT2D eigenvalue weighted by atomic mass is 32.2. The van der Waals surface area contributed by atoms with Crippen molar-refractivity contribution in [3.8, 4) is 0 Å². The van der Waals surface area contributed by atoms with Crippen molar-refractivity contribution in [1.29, 1.82) is 0 Å². The van der Waals surface area contributed by atoms with Gasteiger partial charge >= 0.3 is 0 Å². The van der Waals surface area contributed by atoms with Gasteiger partial charge in [0.1, 0.15) is 0 Å². The summed E-state index contributed by atoms with van der Waals surface area (Å²) in [6.45, 7) is 5.48. The molecular weight excluding hydrogens is 338 g/mol. The number of thioether (sulfide) groups is 1. The molecule has 0 bridgehead atoms. The van der Waals surface area contributed by atoms with Gasteiger partial charge in [-0.25, -0.2) is 4.98 Å². The number of anilines is 1. The van der Waals surface area contributed by atoms with E-state index in [-0.39, 0.29) is 5.91 Å². The largest absolute Gasteiger partial charge is 0.298 e. The normalized spacial score (nSPS) is 16.2. The van der Waals surface area contributed by atoms with E-state index in [0.29, 0.717) is 10.7 Å². The molecule has 0 spiro atoms. The molecule has 1 saturated heterocycles. The molecule has 0 unspecified atom stereocenters. The molecule has 1 aliphatic rings. The number of thiazole rings is 1. The van der Waals surface area contributed by atoms with Crippen molar-refractivity contribution in [2.75, 3.05) is 24.7 Å². The van der Waals surface area contributed by atoms with Crippen LogP contribution in [0.4, 0.5) is 5.13 Å². The Hall–Kier alpha value is -1.37. The van der Waals surface area contributed by atoms with E-state index in [1.54, 1.807) is 11.8 Å². The van der Waals surface area contributed by atoms with Gasteiger partial charge in [0, 0.05) is 16.8 Å². The van der Waals surface area contributed by atoms with Crippen LogP contribution in [-0.4, -0.2) is 35.1 Å². The van der Waals surface area contributed by atoms with Crippen molar-refractivity contribution < 1.29 is 4.79 Å². The zero-order valence-corrected chi connectivity index (χ0v) is 15.8. The molecule has 0 saturated carbocycles. The Labute approximate surface area is 151 Å². The number of rotatable bonds is 5. The molecule has 1 aliphatic heterocycles. The zero-order chi connectivity index (χ0) is 16.9. The highest BCUT2D eigenvalue weighted by Crippen LogP contribution is 2.24. The van der Waals surface area contributed by atoms with E-state index in [0.717, 1.165) is 36.1 Å². The van der Waals surface area contributed by atoms with Crippen LogP contribution in [0.5, 0.6) is 0 Å². The third kappa shape index (κ3) is 4.37. The lowest BCUT2D eigenvalue weighted by atomic mass is 9.99. The van der Waals surface area contributed by atoms with E-state index in [2.05, 4.69) is 22.1 Å². The second kappa shape index (κ2) is 8.14. The van der Waals surface area contributed by atoms with E-state index in [1.165, 1.54) is 24.2 Å². The molecule has 1 N–H and O–H groups in total. The number of carbonyl (C=O) groups excluding carboxylic acids is 1. The van der Waals surface area contributed by atoms with Gasteiger partial charge in [0.15, 0.2) is 5.13 Å². The molecule has 1 amide bonds. The first-order chi connectivity index (χ1) is 11.7. The average molecular weight is 362 g/mol. The summed E-state index contributed by atoms with van der Waals surface area (Å²) >= 11 is 3.08. The average Bonchev–Trinajstić information content (AvgIpc) is 3.03. The van der Waals surface area contributed by atoms with E-state index in [4.69, 9.17) is 0 Å². The third-order valence-electron chi connectivity index (χ3n) is 4.39. The molecule has 0 aliphatic carbocycles. The molecule has 6 heteroatoms. The van der Waals surface area contributed by atoms with E-state index in [1.807, 2.05) is 35.9 Å². The summed E-state index contributed by atoms with van der Waals surface area (Å²) in [5.74, 6) is 0.746. The molecule has 1 aromatic carbocycles. The summed E-state index contributed by atoms with van der Waals surface area (Å²) < 4.78 is 0. The minimum Gasteiger partial charge on any atom is -0.298 e. The number of piperidine rings is 1. The maximum Gasteiger partial charge on any atom is 0.258 e. The predicted octanol–water partition coefficient (Wildman–Crippen LogP) is 4.35. The first-order valence-electron chi connectivity index (χ1n) is 8.27. The number of hydrogen-bond acceptors (Lipinski definition) is 5. The molecule has 2 heterocycles. The summed E-state index contributed by atoms with van der Waals surface area (Å²) in [5, 5.41) is 5.66. The number of aromatic nitrogens is 1. The fourth-order valence-electron chi connectivity index (χ4n) is 2.88. The number of nitrogens with zero attached hydrogens (tertiary/aromatic N) is 2. The topological polar surface area (TPSA) is 45.2 Å². The van der Waals surface area contributed by atoms with E-state index < -0.39 is 0 Å². The monoisotopic (exact) mass is 361 g/mol. The van der Waals surface area contributed by atoms with Gasteiger partial charge in [-0.2, -0.15) is 0 Å². The second-order valence-corrected chi connectivity index (χ2v) is 7.96. The fraction of sp³-hybridized carbons (Fsp3) is 0.444. The van der Waals surface area contributed by atoms with Gasteiger partial charge in [-0.1, -0.05) is 19.1 Å². The number of carbonyl (C=O) groups is 1. The third-order valence-corrected chi connectivity index (χ3v) is 5.99. The van der Waals surface area contributed by atoms with Crippen molar-refractivity contribution >= 4 is 34.1 Å². The summed E-state index contributed by atoms with van der Waals surface area (Å²) in [5.41, 5.74) is 1.75. The van der Waals surface area contributed by atoms with Crippen molar-refractivity contribution in [2.24, 2.45) is 5.92 Å². The van der Waals surface area contributed by atoms with Crippen molar-refractivity contribution in [1.82, 2.24) is 9.88 Å². The van der Waals surface area contributed by atoms with Crippen molar-refractivity contribution in [3.05, 3.63) is 40.9 Å². The van der Waals surface area contributed by atoms with Crippen molar-refractivity contribution in [3.63, 3.8) is 0 Å². The van der Waals surface area contributed by atoms with Gasteiger partial charge in [0.25, 0.3) is 5.91 Å². The summed E-state index contributed by atoms with van der Waals surface area (Å²) in [6, 6.07) is 7.65. The Morgan fingerprint density at radius 3 is 2.88 bits per heavy atom. The van der Waals surface area contributed by atoms with Gasteiger partial charge in [-0.05, 0) is 50.2 Å². The second-order valence-electron chi connectivity index (χ2n) is 6.26. The SMILES string of the molecule is CSc1ccccc1C(=O)Nc1nc(CN2CCC(C)CC2)cs1. The number of amides is 1. The zero-order valence-electron chi connectivity index (χ0n) is 14.1. The molecule has 128 valence electrons. The van der Waals surface area contributed by atoms with E-state index in [9.17, 15) is 4.79 Å². The Morgan fingerprint density at radius 1 is 1.38 bits per heavy atom. The lowest BCUT2D eigenvalue weighted by molar-refractivity contribution is 0.102. The minimum absolute atomic E-state index is 0.0901. The highest BCUT2D eigenvalue weighted by molar-refractivity contribution is 7.98. The first-order valence-corrected chi connectivity index (χ1v) is 10.4. The molecule has 1 fully saturated rings.